The lowest BCUT2D eigenvalue weighted by atomic mass is 10.0. The molecule has 0 heterocycles. The lowest BCUT2D eigenvalue weighted by Gasteiger charge is -2.12. The number of aliphatic hydroxyl groups excluding tert-OH is 1. The molecular weight excluding hydrogens is 288 g/mol. The summed E-state index contributed by atoms with van der Waals surface area (Å²) < 4.78 is 35.7. The van der Waals surface area contributed by atoms with E-state index in [2.05, 4.69) is 0 Å². The van der Waals surface area contributed by atoms with Crippen molar-refractivity contribution in [1.82, 2.24) is 0 Å². The molecule has 1 aromatic rings. The standard InChI is InChI=1S/C12H13Cl2F3O/c13-10-4-3-8(7-11(10)14)6-9(18)2-1-5-12(15,16)17/h3-4,7,9,18H,1-2,5-6H2. The summed E-state index contributed by atoms with van der Waals surface area (Å²) in [5, 5.41) is 10.4. The predicted octanol–water partition coefficient (Wildman–Crippen LogP) is 4.63. The van der Waals surface area contributed by atoms with Crippen LogP contribution >= 0.6 is 23.2 Å². The maximum Gasteiger partial charge on any atom is 0.389 e. The van der Waals surface area contributed by atoms with Crippen molar-refractivity contribution in [2.45, 2.75) is 38.0 Å². The molecule has 1 nitrogen and oxygen atoms in total. The zero-order valence-electron chi connectivity index (χ0n) is 9.47. The van der Waals surface area contributed by atoms with Crippen LogP contribution in [0.1, 0.15) is 24.8 Å². The Hall–Kier alpha value is -0.450. The minimum Gasteiger partial charge on any atom is -0.393 e. The molecule has 0 radical (unpaired) electrons. The van der Waals surface area contributed by atoms with Gasteiger partial charge in [-0.25, -0.2) is 0 Å². The van der Waals surface area contributed by atoms with Gasteiger partial charge in [0.25, 0.3) is 0 Å². The topological polar surface area (TPSA) is 20.2 Å². The lowest BCUT2D eigenvalue weighted by Crippen LogP contribution is -2.13. The third-order valence-corrected chi connectivity index (χ3v) is 3.19. The lowest BCUT2D eigenvalue weighted by molar-refractivity contribution is -0.136. The van der Waals surface area contributed by atoms with Gasteiger partial charge < -0.3 is 5.11 Å². The number of benzene rings is 1. The van der Waals surface area contributed by atoms with E-state index in [-0.39, 0.29) is 19.3 Å². The van der Waals surface area contributed by atoms with Crippen molar-refractivity contribution in [1.29, 1.82) is 0 Å². The number of alkyl halides is 3. The zero-order chi connectivity index (χ0) is 13.8. The van der Waals surface area contributed by atoms with Crippen LogP contribution in [0.3, 0.4) is 0 Å². The first kappa shape index (κ1) is 15.6. The first-order chi connectivity index (χ1) is 8.28. The van der Waals surface area contributed by atoms with Gasteiger partial charge in [-0.15, -0.1) is 0 Å². The van der Waals surface area contributed by atoms with Crippen molar-refractivity contribution < 1.29 is 18.3 Å². The molecule has 6 heteroatoms. The number of rotatable bonds is 5. The summed E-state index contributed by atoms with van der Waals surface area (Å²) in [6.07, 6.45) is -5.53. The minimum absolute atomic E-state index is 0.0774. The van der Waals surface area contributed by atoms with E-state index in [0.717, 1.165) is 5.56 Å². The summed E-state index contributed by atoms with van der Waals surface area (Å²) in [6.45, 7) is 0. The second-order valence-electron chi connectivity index (χ2n) is 4.11. The van der Waals surface area contributed by atoms with E-state index >= 15 is 0 Å². The normalized spacial score (nSPS) is 13.7. The first-order valence-electron chi connectivity index (χ1n) is 5.46. The Kier molecular flexibility index (Phi) is 5.76. The van der Waals surface area contributed by atoms with Gasteiger partial charge in [-0.3, -0.25) is 0 Å². The Balaban J connectivity index is 2.40. The molecule has 1 N–H and O–H groups in total. The molecule has 1 atom stereocenters. The fourth-order valence-electron chi connectivity index (χ4n) is 1.58. The molecule has 0 saturated carbocycles. The predicted molar refractivity (Wildman–Crippen MR) is 66.1 cm³/mol. The number of aliphatic hydroxyl groups is 1. The van der Waals surface area contributed by atoms with Crippen molar-refractivity contribution in [3.05, 3.63) is 33.8 Å². The summed E-state index contributed by atoms with van der Waals surface area (Å²) in [7, 11) is 0. The average molecular weight is 301 g/mol. The quantitative estimate of drug-likeness (QED) is 0.840. The van der Waals surface area contributed by atoms with Crippen LogP contribution in [0.15, 0.2) is 18.2 Å². The van der Waals surface area contributed by atoms with Gasteiger partial charge in [-0.05, 0) is 37.0 Å². The van der Waals surface area contributed by atoms with Crippen molar-refractivity contribution in [3.63, 3.8) is 0 Å². The largest absolute Gasteiger partial charge is 0.393 e. The van der Waals surface area contributed by atoms with Crippen LogP contribution in [-0.4, -0.2) is 17.4 Å². The Morgan fingerprint density at radius 2 is 1.83 bits per heavy atom. The van der Waals surface area contributed by atoms with Gasteiger partial charge in [0.15, 0.2) is 0 Å². The third kappa shape index (κ3) is 5.94. The van der Waals surface area contributed by atoms with E-state index in [1.165, 1.54) is 0 Å². The van der Waals surface area contributed by atoms with E-state index in [1.54, 1.807) is 18.2 Å². The molecule has 102 valence electrons. The van der Waals surface area contributed by atoms with E-state index in [0.29, 0.717) is 10.0 Å². The molecule has 0 saturated heterocycles. The van der Waals surface area contributed by atoms with Crippen LogP contribution in [0.5, 0.6) is 0 Å². The summed E-state index contributed by atoms with van der Waals surface area (Å²) in [5.41, 5.74) is 0.754. The van der Waals surface area contributed by atoms with Crippen LogP contribution in [0, 0.1) is 0 Å². The molecule has 1 unspecified atom stereocenters. The smallest absolute Gasteiger partial charge is 0.389 e. The van der Waals surface area contributed by atoms with Crippen molar-refractivity contribution in [2.75, 3.05) is 0 Å². The molecule has 0 aliphatic heterocycles. The first-order valence-corrected chi connectivity index (χ1v) is 6.22. The summed E-state index contributed by atoms with van der Waals surface area (Å²) >= 11 is 11.5. The van der Waals surface area contributed by atoms with Gasteiger partial charge in [-0.1, -0.05) is 29.3 Å². The van der Waals surface area contributed by atoms with Crippen LogP contribution in [0.25, 0.3) is 0 Å². The Morgan fingerprint density at radius 3 is 2.39 bits per heavy atom. The van der Waals surface area contributed by atoms with Crippen LogP contribution in [-0.2, 0) is 6.42 Å². The highest BCUT2D eigenvalue weighted by atomic mass is 35.5. The Bertz CT molecular complexity index is 393. The molecule has 0 fully saturated rings. The maximum atomic E-state index is 11.9. The number of hydrogen-bond acceptors (Lipinski definition) is 1. The van der Waals surface area contributed by atoms with E-state index in [9.17, 15) is 18.3 Å². The van der Waals surface area contributed by atoms with Gasteiger partial charge in [0.2, 0.25) is 0 Å². The SMILES string of the molecule is OC(CCCC(F)(F)F)Cc1ccc(Cl)c(Cl)c1. The molecule has 0 aliphatic carbocycles. The number of halogens is 5. The van der Waals surface area contributed by atoms with E-state index in [4.69, 9.17) is 23.2 Å². The average Bonchev–Trinajstić information content (AvgIpc) is 2.21. The molecular formula is C12H13Cl2F3O. The van der Waals surface area contributed by atoms with Gasteiger partial charge in [0, 0.05) is 6.42 Å². The fourth-order valence-corrected chi connectivity index (χ4v) is 1.90. The molecule has 1 rings (SSSR count). The van der Waals surface area contributed by atoms with E-state index < -0.39 is 18.7 Å². The van der Waals surface area contributed by atoms with Gasteiger partial charge in [-0.2, -0.15) is 13.2 Å². The highest BCUT2D eigenvalue weighted by molar-refractivity contribution is 6.42. The van der Waals surface area contributed by atoms with Crippen LogP contribution < -0.4 is 0 Å². The molecule has 0 amide bonds. The van der Waals surface area contributed by atoms with Crippen molar-refractivity contribution >= 4 is 23.2 Å². The minimum atomic E-state index is -4.16. The van der Waals surface area contributed by atoms with Crippen molar-refractivity contribution in [3.8, 4) is 0 Å². The molecule has 0 bridgehead atoms. The molecule has 0 aliphatic rings. The molecule has 1 aromatic carbocycles. The zero-order valence-corrected chi connectivity index (χ0v) is 11.0. The molecule has 0 spiro atoms. The summed E-state index contributed by atoms with van der Waals surface area (Å²) in [6, 6.07) is 4.90. The van der Waals surface area contributed by atoms with Crippen LogP contribution in [0.4, 0.5) is 13.2 Å². The van der Waals surface area contributed by atoms with Gasteiger partial charge in [0.05, 0.1) is 16.1 Å². The van der Waals surface area contributed by atoms with Crippen LogP contribution in [0.2, 0.25) is 10.0 Å². The van der Waals surface area contributed by atoms with Crippen molar-refractivity contribution in [2.24, 2.45) is 0 Å². The Labute approximate surface area is 114 Å². The monoisotopic (exact) mass is 300 g/mol. The van der Waals surface area contributed by atoms with Gasteiger partial charge in [0.1, 0.15) is 0 Å². The summed E-state index contributed by atoms with van der Waals surface area (Å²) in [4.78, 5) is 0. The maximum absolute atomic E-state index is 11.9. The van der Waals surface area contributed by atoms with Gasteiger partial charge >= 0.3 is 6.18 Å². The number of hydrogen-bond donors (Lipinski definition) is 1. The van der Waals surface area contributed by atoms with E-state index in [1.807, 2.05) is 0 Å². The Morgan fingerprint density at radius 1 is 1.17 bits per heavy atom. The second-order valence-corrected chi connectivity index (χ2v) is 4.93. The highest BCUT2D eigenvalue weighted by Gasteiger charge is 2.26. The molecule has 18 heavy (non-hydrogen) atoms. The fraction of sp³-hybridized carbons (Fsp3) is 0.500. The molecule has 0 aromatic heterocycles. The second kappa shape index (κ2) is 6.64. The summed E-state index contributed by atoms with van der Waals surface area (Å²) in [5.74, 6) is 0. The highest BCUT2D eigenvalue weighted by Crippen LogP contribution is 2.25. The third-order valence-electron chi connectivity index (χ3n) is 2.45.